The van der Waals surface area contributed by atoms with Crippen LogP contribution in [0.2, 0.25) is 0 Å². The van der Waals surface area contributed by atoms with E-state index in [2.05, 4.69) is 10.6 Å². The molecule has 0 aliphatic heterocycles. The third-order valence-corrected chi connectivity index (χ3v) is 1.93. The molecule has 0 fully saturated rings. The number of rotatable bonds is 7. The third-order valence-electron chi connectivity index (χ3n) is 1.93. The quantitative estimate of drug-likeness (QED) is 0.574. The minimum atomic E-state index is -0.900. The highest BCUT2D eigenvalue weighted by molar-refractivity contribution is 5.77. The van der Waals surface area contributed by atoms with E-state index < -0.39 is 5.97 Å². The molecule has 0 radical (unpaired) electrons. The van der Waals surface area contributed by atoms with Gasteiger partial charge in [0.15, 0.2) is 0 Å². The van der Waals surface area contributed by atoms with Crippen LogP contribution in [-0.4, -0.2) is 35.6 Å². The Morgan fingerprint density at radius 3 is 2.27 bits per heavy atom. The predicted molar refractivity (Wildman–Crippen MR) is 57.6 cm³/mol. The van der Waals surface area contributed by atoms with E-state index in [1.807, 2.05) is 13.8 Å². The van der Waals surface area contributed by atoms with Crippen LogP contribution in [-0.2, 0) is 9.59 Å². The van der Waals surface area contributed by atoms with E-state index in [0.717, 1.165) is 6.54 Å². The highest BCUT2D eigenvalue weighted by Gasteiger charge is 2.12. The Bertz CT molecular complexity index is 219. The first kappa shape index (κ1) is 13.9. The third kappa shape index (κ3) is 7.93. The average molecular weight is 216 g/mol. The maximum Gasteiger partial charge on any atom is 0.305 e. The zero-order valence-electron chi connectivity index (χ0n) is 9.54. The number of carbonyl (C=O) groups excluding carboxylic acids is 1. The van der Waals surface area contributed by atoms with Crippen molar-refractivity contribution < 1.29 is 14.7 Å². The van der Waals surface area contributed by atoms with Crippen LogP contribution in [0.15, 0.2) is 0 Å². The standard InChI is InChI=1S/C10H20N2O3/c1-4-11-7(2)5-9(13)12-8(3)6-10(14)15/h7-8,11H,4-6H2,1-3H3,(H,12,13)(H,14,15). The Labute approximate surface area is 90.2 Å². The van der Waals surface area contributed by atoms with E-state index in [9.17, 15) is 9.59 Å². The van der Waals surface area contributed by atoms with Gasteiger partial charge in [0.25, 0.3) is 0 Å². The van der Waals surface area contributed by atoms with Crippen LogP contribution in [0.5, 0.6) is 0 Å². The molecule has 0 bridgehead atoms. The summed E-state index contributed by atoms with van der Waals surface area (Å²) in [7, 11) is 0. The highest BCUT2D eigenvalue weighted by Crippen LogP contribution is 1.94. The molecule has 5 nitrogen and oxygen atoms in total. The number of carbonyl (C=O) groups is 2. The molecule has 0 saturated carbocycles. The van der Waals surface area contributed by atoms with Gasteiger partial charge in [-0.05, 0) is 20.4 Å². The van der Waals surface area contributed by atoms with Gasteiger partial charge in [-0.1, -0.05) is 6.92 Å². The average Bonchev–Trinajstić information content (AvgIpc) is 2.00. The van der Waals surface area contributed by atoms with Crippen molar-refractivity contribution in [3.8, 4) is 0 Å². The number of amides is 1. The molecule has 88 valence electrons. The first-order valence-corrected chi connectivity index (χ1v) is 5.20. The first-order valence-electron chi connectivity index (χ1n) is 5.20. The lowest BCUT2D eigenvalue weighted by Gasteiger charge is -2.15. The van der Waals surface area contributed by atoms with Crippen molar-refractivity contribution in [2.24, 2.45) is 0 Å². The SMILES string of the molecule is CCNC(C)CC(=O)NC(C)CC(=O)O. The summed E-state index contributed by atoms with van der Waals surface area (Å²) < 4.78 is 0. The van der Waals surface area contributed by atoms with E-state index in [-0.39, 0.29) is 24.4 Å². The lowest BCUT2D eigenvalue weighted by molar-refractivity contribution is -0.137. The topological polar surface area (TPSA) is 78.4 Å². The lowest BCUT2D eigenvalue weighted by atomic mass is 10.2. The van der Waals surface area contributed by atoms with Gasteiger partial charge in [-0.2, -0.15) is 0 Å². The maximum atomic E-state index is 11.4. The van der Waals surface area contributed by atoms with Gasteiger partial charge < -0.3 is 15.7 Å². The molecule has 3 N–H and O–H groups in total. The molecule has 2 unspecified atom stereocenters. The summed E-state index contributed by atoms with van der Waals surface area (Å²) >= 11 is 0. The van der Waals surface area contributed by atoms with Gasteiger partial charge in [-0.25, -0.2) is 0 Å². The molecule has 15 heavy (non-hydrogen) atoms. The fourth-order valence-corrected chi connectivity index (χ4v) is 1.35. The summed E-state index contributed by atoms with van der Waals surface area (Å²) in [4.78, 5) is 21.7. The van der Waals surface area contributed by atoms with Crippen LogP contribution in [0.3, 0.4) is 0 Å². The zero-order valence-corrected chi connectivity index (χ0v) is 9.54. The fourth-order valence-electron chi connectivity index (χ4n) is 1.35. The Morgan fingerprint density at radius 2 is 1.80 bits per heavy atom. The van der Waals surface area contributed by atoms with Crippen molar-refractivity contribution in [2.75, 3.05) is 6.54 Å². The molecule has 1 amide bonds. The van der Waals surface area contributed by atoms with E-state index >= 15 is 0 Å². The van der Waals surface area contributed by atoms with Crippen molar-refractivity contribution in [1.29, 1.82) is 0 Å². The number of aliphatic carboxylic acids is 1. The minimum Gasteiger partial charge on any atom is -0.481 e. The summed E-state index contributed by atoms with van der Waals surface area (Å²) in [5, 5.41) is 14.3. The Kier molecular flexibility index (Phi) is 6.70. The molecule has 0 aromatic carbocycles. The highest BCUT2D eigenvalue weighted by atomic mass is 16.4. The zero-order chi connectivity index (χ0) is 11.8. The second-order valence-corrected chi connectivity index (χ2v) is 3.73. The first-order chi connectivity index (χ1) is 6.95. The van der Waals surface area contributed by atoms with Crippen LogP contribution in [0.25, 0.3) is 0 Å². The predicted octanol–water partition coefficient (Wildman–Crippen LogP) is 0.354. The van der Waals surface area contributed by atoms with E-state index in [4.69, 9.17) is 5.11 Å². The molecule has 0 saturated heterocycles. The smallest absolute Gasteiger partial charge is 0.305 e. The molecule has 0 aromatic heterocycles. The Hall–Kier alpha value is -1.10. The summed E-state index contributed by atoms with van der Waals surface area (Å²) in [6.45, 7) is 6.40. The number of carboxylic acids is 1. The van der Waals surface area contributed by atoms with Crippen LogP contribution in [0, 0.1) is 0 Å². The molecule has 5 heteroatoms. The van der Waals surface area contributed by atoms with Crippen molar-refractivity contribution in [3.05, 3.63) is 0 Å². The summed E-state index contributed by atoms with van der Waals surface area (Å²) in [5.41, 5.74) is 0. The Morgan fingerprint density at radius 1 is 1.20 bits per heavy atom. The van der Waals surface area contributed by atoms with Crippen LogP contribution < -0.4 is 10.6 Å². The largest absolute Gasteiger partial charge is 0.481 e. The summed E-state index contributed by atoms with van der Waals surface area (Å²) in [6, 6.07) is -0.198. The fraction of sp³-hybridized carbons (Fsp3) is 0.800. The number of hydrogen-bond acceptors (Lipinski definition) is 3. The normalized spacial score (nSPS) is 14.3. The molecule has 0 heterocycles. The molecule has 0 rings (SSSR count). The second kappa shape index (κ2) is 7.23. The number of carboxylic acid groups (broad SMARTS) is 1. The van der Waals surface area contributed by atoms with E-state index in [0.29, 0.717) is 6.42 Å². The van der Waals surface area contributed by atoms with Gasteiger partial charge >= 0.3 is 5.97 Å². The van der Waals surface area contributed by atoms with Crippen LogP contribution >= 0.6 is 0 Å². The van der Waals surface area contributed by atoms with Crippen molar-refractivity contribution in [2.45, 2.75) is 45.7 Å². The van der Waals surface area contributed by atoms with Crippen molar-refractivity contribution in [1.82, 2.24) is 10.6 Å². The van der Waals surface area contributed by atoms with Crippen LogP contribution in [0.1, 0.15) is 33.6 Å². The maximum absolute atomic E-state index is 11.4. The van der Waals surface area contributed by atoms with Gasteiger partial charge in [0.1, 0.15) is 0 Å². The summed E-state index contributed by atoms with van der Waals surface area (Å²) in [6.07, 6.45) is 0.332. The second-order valence-electron chi connectivity index (χ2n) is 3.73. The molecular formula is C10H20N2O3. The molecule has 0 aliphatic carbocycles. The van der Waals surface area contributed by atoms with Gasteiger partial charge in [0, 0.05) is 18.5 Å². The molecule has 0 spiro atoms. The minimum absolute atomic E-state index is 0.0403. The summed E-state index contributed by atoms with van der Waals surface area (Å²) in [5.74, 6) is -1.01. The van der Waals surface area contributed by atoms with Crippen LogP contribution in [0.4, 0.5) is 0 Å². The van der Waals surface area contributed by atoms with Gasteiger partial charge in [-0.3, -0.25) is 9.59 Å². The molecule has 2 atom stereocenters. The molecule has 0 aliphatic rings. The number of nitrogens with one attached hydrogen (secondary N) is 2. The van der Waals surface area contributed by atoms with E-state index in [1.54, 1.807) is 6.92 Å². The Balaban J connectivity index is 3.77. The van der Waals surface area contributed by atoms with Crippen molar-refractivity contribution in [3.63, 3.8) is 0 Å². The monoisotopic (exact) mass is 216 g/mol. The van der Waals surface area contributed by atoms with Gasteiger partial charge in [-0.15, -0.1) is 0 Å². The van der Waals surface area contributed by atoms with Gasteiger partial charge in [0.05, 0.1) is 6.42 Å². The van der Waals surface area contributed by atoms with E-state index in [1.165, 1.54) is 0 Å². The van der Waals surface area contributed by atoms with Crippen molar-refractivity contribution >= 4 is 11.9 Å². The molecule has 0 aromatic rings. The van der Waals surface area contributed by atoms with Gasteiger partial charge in [0.2, 0.25) is 5.91 Å². The number of hydrogen-bond donors (Lipinski definition) is 3. The lowest BCUT2D eigenvalue weighted by Crippen LogP contribution is -2.38. The molecular weight excluding hydrogens is 196 g/mol.